The maximum absolute atomic E-state index is 12.1. The molecule has 0 bridgehead atoms. The Morgan fingerprint density at radius 2 is 2.33 bits per heavy atom. The molecule has 6 heteroatoms. The van der Waals surface area contributed by atoms with Crippen LogP contribution in [0.2, 0.25) is 5.02 Å². The fraction of sp³-hybridized carbons (Fsp3) is 0.400. The van der Waals surface area contributed by atoms with Gasteiger partial charge in [-0.1, -0.05) is 11.6 Å². The molecule has 1 aliphatic rings. The van der Waals surface area contributed by atoms with E-state index in [1.807, 2.05) is 0 Å². The van der Waals surface area contributed by atoms with Crippen molar-refractivity contribution in [2.45, 2.75) is 19.4 Å². The molecule has 1 unspecified atom stereocenters. The van der Waals surface area contributed by atoms with Gasteiger partial charge in [0.15, 0.2) is 0 Å². The van der Waals surface area contributed by atoms with Crippen LogP contribution in [0.1, 0.15) is 18.7 Å². The van der Waals surface area contributed by atoms with Gasteiger partial charge in [-0.05, 0) is 37.6 Å². The standard InChI is InChI=1S/C15H16ClN3O2/c16-11-3-4-13-12(6-11)15(21)18-14(17-13)8-19-5-1-2-10(7-19)9-20/h3-4,6,9-10H,1-2,5,7-8H2,(H,17,18,21). The topological polar surface area (TPSA) is 66.1 Å². The van der Waals surface area contributed by atoms with E-state index >= 15 is 0 Å². The molecule has 2 aromatic rings. The molecule has 1 atom stereocenters. The number of nitrogens with zero attached hydrogens (tertiary/aromatic N) is 2. The summed E-state index contributed by atoms with van der Waals surface area (Å²) in [6.45, 7) is 2.21. The number of aromatic amines is 1. The fourth-order valence-corrected chi connectivity index (χ4v) is 2.96. The highest BCUT2D eigenvalue weighted by Crippen LogP contribution is 2.17. The molecule has 1 aromatic carbocycles. The van der Waals surface area contributed by atoms with Crippen molar-refractivity contribution in [3.05, 3.63) is 39.4 Å². The lowest BCUT2D eigenvalue weighted by Gasteiger charge is -2.29. The minimum absolute atomic E-state index is 0.0877. The Bertz CT molecular complexity index is 728. The van der Waals surface area contributed by atoms with Gasteiger partial charge in [0, 0.05) is 17.5 Å². The van der Waals surface area contributed by atoms with Crippen LogP contribution in [0.4, 0.5) is 0 Å². The van der Waals surface area contributed by atoms with Crippen molar-refractivity contribution in [3.63, 3.8) is 0 Å². The second-order valence-electron chi connectivity index (χ2n) is 5.45. The average molecular weight is 306 g/mol. The van der Waals surface area contributed by atoms with Crippen LogP contribution < -0.4 is 5.56 Å². The van der Waals surface area contributed by atoms with Crippen LogP contribution in [0.3, 0.4) is 0 Å². The molecular formula is C15H16ClN3O2. The Labute approximate surface area is 126 Å². The van der Waals surface area contributed by atoms with E-state index in [1.54, 1.807) is 18.2 Å². The number of rotatable bonds is 3. The maximum Gasteiger partial charge on any atom is 0.258 e. The number of carbonyl (C=O) groups is 1. The van der Waals surface area contributed by atoms with E-state index < -0.39 is 0 Å². The van der Waals surface area contributed by atoms with Crippen LogP contribution in [-0.4, -0.2) is 34.2 Å². The number of halogens is 1. The number of aromatic nitrogens is 2. The number of hydrogen-bond acceptors (Lipinski definition) is 4. The third kappa shape index (κ3) is 3.14. The fourth-order valence-electron chi connectivity index (χ4n) is 2.79. The Kier molecular flexibility index (Phi) is 4.03. The molecule has 110 valence electrons. The molecular weight excluding hydrogens is 290 g/mol. The first-order valence-corrected chi connectivity index (χ1v) is 7.39. The minimum Gasteiger partial charge on any atom is -0.309 e. The van der Waals surface area contributed by atoms with Crippen LogP contribution in [0.5, 0.6) is 0 Å². The number of fused-ring (bicyclic) bond motifs is 1. The molecule has 2 heterocycles. The first-order valence-electron chi connectivity index (χ1n) is 7.02. The van der Waals surface area contributed by atoms with Crippen LogP contribution in [-0.2, 0) is 11.3 Å². The predicted molar refractivity (Wildman–Crippen MR) is 81.4 cm³/mol. The van der Waals surface area contributed by atoms with Crippen LogP contribution >= 0.6 is 11.6 Å². The molecule has 1 aliphatic heterocycles. The van der Waals surface area contributed by atoms with Gasteiger partial charge >= 0.3 is 0 Å². The molecule has 0 radical (unpaired) electrons. The first-order chi connectivity index (χ1) is 10.2. The van der Waals surface area contributed by atoms with E-state index in [-0.39, 0.29) is 11.5 Å². The highest BCUT2D eigenvalue weighted by molar-refractivity contribution is 6.31. The van der Waals surface area contributed by atoms with Crippen molar-refractivity contribution in [2.75, 3.05) is 13.1 Å². The second kappa shape index (κ2) is 5.95. The molecule has 1 N–H and O–H groups in total. The number of aldehydes is 1. The molecule has 0 aliphatic carbocycles. The lowest BCUT2D eigenvalue weighted by molar-refractivity contribution is -0.112. The SMILES string of the molecule is O=CC1CCCN(Cc2nc3ccc(Cl)cc3c(=O)[nH]2)C1. The molecule has 5 nitrogen and oxygen atoms in total. The zero-order valence-corrected chi connectivity index (χ0v) is 12.3. The molecule has 0 saturated carbocycles. The van der Waals surface area contributed by atoms with Gasteiger partial charge in [-0.3, -0.25) is 9.69 Å². The van der Waals surface area contributed by atoms with E-state index in [2.05, 4.69) is 14.9 Å². The van der Waals surface area contributed by atoms with Gasteiger partial charge < -0.3 is 9.78 Å². The Hall–Kier alpha value is -1.72. The maximum atomic E-state index is 12.1. The largest absolute Gasteiger partial charge is 0.309 e. The Morgan fingerprint density at radius 3 is 3.14 bits per heavy atom. The summed E-state index contributed by atoms with van der Waals surface area (Å²) in [7, 11) is 0. The highest BCUT2D eigenvalue weighted by atomic mass is 35.5. The molecule has 1 fully saturated rings. The van der Waals surface area contributed by atoms with Crippen molar-refractivity contribution in [1.29, 1.82) is 0 Å². The number of nitrogens with one attached hydrogen (secondary N) is 1. The third-order valence-electron chi connectivity index (χ3n) is 3.82. The van der Waals surface area contributed by atoms with Crippen molar-refractivity contribution >= 4 is 28.8 Å². The van der Waals surface area contributed by atoms with Crippen molar-refractivity contribution in [1.82, 2.24) is 14.9 Å². The van der Waals surface area contributed by atoms with Gasteiger partial charge in [0.25, 0.3) is 5.56 Å². The quantitative estimate of drug-likeness (QED) is 0.881. The summed E-state index contributed by atoms with van der Waals surface area (Å²) in [5.41, 5.74) is 0.462. The second-order valence-corrected chi connectivity index (χ2v) is 5.88. The predicted octanol–water partition coefficient (Wildman–Crippen LogP) is 1.99. The van der Waals surface area contributed by atoms with Crippen LogP contribution in [0.15, 0.2) is 23.0 Å². The van der Waals surface area contributed by atoms with E-state index in [9.17, 15) is 9.59 Å². The Balaban J connectivity index is 1.86. The van der Waals surface area contributed by atoms with Crippen molar-refractivity contribution in [3.8, 4) is 0 Å². The van der Waals surface area contributed by atoms with Crippen molar-refractivity contribution < 1.29 is 4.79 Å². The van der Waals surface area contributed by atoms with Gasteiger partial charge in [0.1, 0.15) is 12.1 Å². The molecule has 0 amide bonds. The van der Waals surface area contributed by atoms with E-state index in [1.165, 1.54) is 0 Å². The third-order valence-corrected chi connectivity index (χ3v) is 4.06. The van der Waals surface area contributed by atoms with Gasteiger partial charge in [-0.2, -0.15) is 0 Å². The van der Waals surface area contributed by atoms with Gasteiger partial charge in [-0.15, -0.1) is 0 Å². The van der Waals surface area contributed by atoms with E-state index in [0.29, 0.717) is 28.3 Å². The summed E-state index contributed by atoms with van der Waals surface area (Å²) in [5.74, 6) is 0.714. The smallest absolute Gasteiger partial charge is 0.258 e. The summed E-state index contributed by atoms with van der Waals surface area (Å²) in [5, 5.41) is 1.02. The summed E-state index contributed by atoms with van der Waals surface area (Å²) in [4.78, 5) is 32.4. The molecule has 0 spiro atoms. The summed E-state index contributed by atoms with van der Waals surface area (Å²) in [6, 6.07) is 5.10. The minimum atomic E-state index is -0.179. The van der Waals surface area contributed by atoms with Gasteiger partial charge in [0.2, 0.25) is 0 Å². The summed E-state index contributed by atoms with van der Waals surface area (Å²) >= 11 is 5.90. The average Bonchev–Trinajstić information content (AvgIpc) is 2.48. The van der Waals surface area contributed by atoms with E-state index in [4.69, 9.17) is 11.6 Å². The molecule has 1 saturated heterocycles. The first kappa shape index (κ1) is 14.2. The lowest BCUT2D eigenvalue weighted by Crippen LogP contribution is -2.36. The van der Waals surface area contributed by atoms with Crippen molar-refractivity contribution in [2.24, 2.45) is 5.92 Å². The number of H-pyrrole nitrogens is 1. The Morgan fingerprint density at radius 1 is 1.48 bits per heavy atom. The highest BCUT2D eigenvalue weighted by Gasteiger charge is 2.20. The lowest BCUT2D eigenvalue weighted by atomic mass is 10.00. The normalized spacial score (nSPS) is 19.8. The number of piperidine rings is 1. The number of likely N-dealkylation sites (tertiary alicyclic amines) is 1. The molecule has 3 rings (SSSR count). The molecule has 21 heavy (non-hydrogen) atoms. The zero-order chi connectivity index (χ0) is 14.8. The molecule has 1 aromatic heterocycles. The summed E-state index contributed by atoms with van der Waals surface area (Å²) < 4.78 is 0. The van der Waals surface area contributed by atoms with Gasteiger partial charge in [-0.25, -0.2) is 4.98 Å². The number of benzene rings is 1. The van der Waals surface area contributed by atoms with Crippen LogP contribution in [0.25, 0.3) is 10.9 Å². The van der Waals surface area contributed by atoms with Crippen LogP contribution in [0, 0.1) is 5.92 Å². The summed E-state index contributed by atoms with van der Waals surface area (Å²) in [6.07, 6.45) is 2.96. The number of carbonyl (C=O) groups excluding carboxylic acids is 1. The monoisotopic (exact) mass is 305 g/mol. The zero-order valence-electron chi connectivity index (χ0n) is 11.5. The van der Waals surface area contributed by atoms with Gasteiger partial charge in [0.05, 0.1) is 17.4 Å². The number of hydrogen-bond donors (Lipinski definition) is 1. The van der Waals surface area contributed by atoms with E-state index in [0.717, 1.165) is 32.2 Å².